The average Bonchev–Trinajstić information content (AvgIpc) is 3.31. The van der Waals surface area contributed by atoms with E-state index in [1.807, 2.05) is 0 Å². The third-order valence-electron chi connectivity index (χ3n) is 3.89. The van der Waals surface area contributed by atoms with Crippen LogP contribution < -0.4 is 9.47 Å². The summed E-state index contributed by atoms with van der Waals surface area (Å²) in [7, 11) is 0. The minimum absolute atomic E-state index is 0.125. The molecule has 3 rings (SSSR count). The zero-order chi connectivity index (χ0) is 18.9. The van der Waals surface area contributed by atoms with Crippen molar-refractivity contribution in [3.63, 3.8) is 0 Å². The Morgan fingerprint density at radius 3 is 2.50 bits per heavy atom. The standard InChI is InChI=1S/C18H14F4O4/c19-15-6-10(4-5-14(15)18(20,21)22)9-25-11-2-1-3-12(7-11)26-16-8-13(16)17(23)24/h1-7,13,16H,8-9H2,(H,23,24)/t13?,16-/m1/s1. The average molecular weight is 370 g/mol. The Kier molecular flexibility index (Phi) is 4.76. The highest BCUT2D eigenvalue weighted by Gasteiger charge is 2.45. The predicted molar refractivity (Wildman–Crippen MR) is 82.3 cm³/mol. The molecule has 0 radical (unpaired) electrons. The Balaban J connectivity index is 1.61. The van der Waals surface area contributed by atoms with E-state index in [1.54, 1.807) is 18.2 Å². The van der Waals surface area contributed by atoms with E-state index in [4.69, 9.17) is 14.6 Å². The molecule has 2 aromatic carbocycles. The summed E-state index contributed by atoms with van der Waals surface area (Å²) in [4.78, 5) is 10.8. The van der Waals surface area contributed by atoms with Gasteiger partial charge in [-0.3, -0.25) is 4.79 Å². The molecule has 0 aliphatic heterocycles. The molecule has 1 unspecified atom stereocenters. The lowest BCUT2D eigenvalue weighted by Crippen LogP contribution is -2.09. The van der Waals surface area contributed by atoms with Crippen LogP contribution in [0.15, 0.2) is 42.5 Å². The van der Waals surface area contributed by atoms with Gasteiger partial charge in [-0.2, -0.15) is 13.2 Å². The fraction of sp³-hybridized carbons (Fsp3) is 0.278. The molecule has 2 aromatic rings. The maximum absolute atomic E-state index is 13.5. The third kappa shape index (κ3) is 4.25. The Labute approximate surface area is 146 Å². The highest BCUT2D eigenvalue weighted by molar-refractivity contribution is 5.74. The lowest BCUT2D eigenvalue weighted by atomic mass is 10.1. The number of halogens is 4. The van der Waals surface area contributed by atoms with E-state index in [0.29, 0.717) is 24.0 Å². The number of benzene rings is 2. The van der Waals surface area contributed by atoms with Gasteiger partial charge in [0.25, 0.3) is 0 Å². The number of rotatable bonds is 6. The lowest BCUT2D eigenvalue weighted by Gasteiger charge is -2.11. The van der Waals surface area contributed by atoms with Crippen molar-refractivity contribution < 1.29 is 36.9 Å². The summed E-state index contributed by atoms with van der Waals surface area (Å²) in [6, 6.07) is 9.02. The van der Waals surface area contributed by atoms with E-state index >= 15 is 0 Å². The van der Waals surface area contributed by atoms with E-state index in [0.717, 1.165) is 12.1 Å². The summed E-state index contributed by atoms with van der Waals surface area (Å²) >= 11 is 0. The van der Waals surface area contributed by atoms with Crippen molar-refractivity contribution in [2.75, 3.05) is 0 Å². The molecular weight excluding hydrogens is 356 g/mol. The van der Waals surface area contributed by atoms with Gasteiger partial charge in [-0.1, -0.05) is 12.1 Å². The molecule has 2 atom stereocenters. The number of hydrogen-bond acceptors (Lipinski definition) is 3. The fourth-order valence-corrected chi connectivity index (χ4v) is 2.42. The van der Waals surface area contributed by atoms with Gasteiger partial charge in [-0.05, 0) is 29.8 Å². The normalized spacial score (nSPS) is 19.1. The molecule has 1 aliphatic rings. The first kappa shape index (κ1) is 18.0. The van der Waals surface area contributed by atoms with Crippen LogP contribution in [0.3, 0.4) is 0 Å². The molecule has 1 aliphatic carbocycles. The van der Waals surface area contributed by atoms with Gasteiger partial charge in [0, 0.05) is 12.5 Å². The molecule has 4 nitrogen and oxygen atoms in total. The van der Waals surface area contributed by atoms with Crippen molar-refractivity contribution >= 4 is 5.97 Å². The van der Waals surface area contributed by atoms with Gasteiger partial charge in [-0.25, -0.2) is 4.39 Å². The van der Waals surface area contributed by atoms with Crippen LogP contribution in [-0.4, -0.2) is 17.2 Å². The molecule has 8 heteroatoms. The number of carboxylic acid groups (broad SMARTS) is 1. The van der Waals surface area contributed by atoms with Gasteiger partial charge >= 0.3 is 12.1 Å². The highest BCUT2D eigenvalue weighted by Crippen LogP contribution is 2.36. The van der Waals surface area contributed by atoms with E-state index in [9.17, 15) is 22.4 Å². The first-order valence-electron chi connectivity index (χ1n) is 7.72. The minimum atomic E-state index is -4.74. The van der Waals surface area contributed by atoms with Crippen molar-refractivity contribution in [3.05, 3.63) is 59.4 Å². The van der Waals surface area contributed by atoms with Crippen LogP contribution in [0, 0.1) is 11.7 Å². The SMILES string of the molecule is O=C(O)C1C[C@H]1Oc1cccc(OCc2ccc(C(F)(F)F)c(F)c2)c1. The summed E-state index contributed by atoms with van der Waals surface area (Å²) < 4.78 is 62.1. The molecular formula is C18H14F4O4. The second kappa shape index (κ2) is 6.86. The smallest absolute Gasteiger partial charge is 0.419 e. The number of alkyl halides is 3. The molecule has 138 valence electrons. The molecule has 1 fully saturated rings. The van der Waals surface area contributed by atoms with Crippen molar-refractivity contribution in [2.45, 2.75) is 25.3 Å². The zero-order valence-electron chi connectivity index (χ0n) is 13.3. The summed E-state index contributed by atoms with van der Waals surface area (Å²) in [6.45, 7) is -0.125. The summed E-state index contributed by atoms with van der Waals surface area (Å²) in [5.74, 6) is -1.99. The molecule has 26 heavy (non-hydrogen) atoms. The number of aliphatic carboxylic acids is 1. The third-order valence-corrected chi connectivity index (χ3v) is 3.89. The summed E-state index contributed by atoms with van der Waals surface area (Å²) in [6.07, 6.45) is -4.69. The molecule has 1 N–H and O–H groups in total. The van der Waals surface area contributed by atoms with Gasteiger partial charge < -0.3 is 14.6 Å². The van der Waals surface area contributed by atoms with E-state index < -0.39 is 29.4 Å². The Bertz CT molecular complexity index is 819. The number of hydrogen-bond donors (Lipinski definition) is 1. The van der Waals surface area contributed by atoms with Crippen LogP contribution in [0.25, 0.3) is 0 Å². The van der Waals surface area contributed by atoms with Crippen LogP contribution in [0.5, 0.6) is 11.5 Å². The van der Waals surface area contributed by atoms with Crippen LogP contribution in [-0.2, 0) is 17.6 Å². The zero-order valence-corrected chi connectivity index (χ0v) is 13.3. The molecule has 0 heterocycles. The van der Waals surface area contributed by atoms with E-state index in [-0.39, 0.29) is 18.3 Å². The lowest BCUT2D eigenvalue weighted by molar-refractivity contribution is -0.140. The summed E-state index contributed by atoms with van der Waals surface area (Å²) in [5, 5.41) is 8.85. The maximum Gasteiger partial charge on any atom is 0.419 e. The van der Waals surface area contributed by atoms with Gasteiger partial charge in [0.2, 0.25) is 0 Å². The first-order chi connectivity index (χ1) is 12.2. The maximum atomic E-state index is 13.5. The Hall–Kier alpha value is -2.77. The monoisotopic (exact) mass is 370 g/mol. The second-order valence-corrected chi connectivity index (χ2v) is 5.91. The van der Waals surface area contributed by atoms with Crippen molar-refractivity contribution in [1.29, 1.82) is 0 Å². The predicted octanol–water partition coefficient (Wildman–Crippen LogP) is 4.28. The fourth-order valence-electron chi connectivity index (χ4n) is 2.42. The largest absolute Gasteiger partial charge is 0.489 e. The number of carboxylic acids is 1. The Morgan fingerprint density at radius 2 is 1.88 bits per heavy atom. The van der Waals surface area contributed by atoms with Crippen LogP contribution in [0.2, 0.25) is 0 Å². The van der Waals surface area contributed by atoms with Crippen LogP contribution >= 0.6 is 0 Å². The molecule has 0 saturated heterocycles. The molecule has 0 aromatic heterocycles. The van der Waals surface area contributed by atoms with Crippen LogP contribution in [0.1, 0.15) is 17.5 Å². The van der Waals surface area contributed by atoms with Crippen LogP contribution in [0.4, 0.5) is 17.6 Å². The van der Waals surface area contributed by atoms with Gasteiger partial charge in [-0.15, -0.1) is 0 Å². The molecule has 0 spiro atoms. The van der Waals surface area contributed by atoms with E-state index in [2.05, 4.69) is 0 Å². The first-order valence-corrected chi connectivity index (χ1v) is 7.72. The quantitative estimate of drug-likeness (QED) is 0.772. The van der Waals surface area contributed by atoms with Crippen molar-refractivity contribution in [3.8, 4) is 11.5 Å². The number of ether oxygens (including phenoxy) is 2. The van der Waals surface area contributed by atoms with Gasteiger partial charge in [0.15, 0.2) is 0 Å². The topological polar surface area (TPSA) is 55.8 Å². The van der Waals surface area contributed by atoms with E-state index in [1.165, 1.54) is 6.07 Å². The molecule has 1 saturated carbocycles. The molecule has 0 bridgehead atoms. The van der Waals surface area contributed by atoms with Gasteiger partial charge in [0.1, 0.15) is 30.0 Å². The molecule has 0 amide bonds. The van der Waals surface area contributed by atoms with Gasteiger partial charge in [0.05, 0.1) is 11.5 Å². The van der Waals surface area contributed by atoms with Crippen molar-refractivity contribution in [2.24, 2.45) is 5.92 Å². The Morgan fingerprint density at radius 1 is 1.15 bits per heavy atom. The number of carbonyl (C=O) groups is 1. The van der Waals surface area contributed by atoms with Crippen molar-refractivity contribution in [1.82, 2.24) is 0 Å². The summed E-state index contributed by atoms with van der Waals surface area (Å²) in [5.41, 5.74) is -1.08. The highest BCUT2D eigenvalue weighted by atomic mass is 19.4. The second-order valence-electron chi connectivity index (χ2n) is 5.91. The minimum Gasteiger partial charge on any atom is -0.489 e.